The van der Waals surface area contributed by atoms with Crippen molar-refractivity contribution in [3.05, 3.63) is 107 Å². The Hall–Kier alpha value is -4.46. The largest absolute Gasteiger partial charge is 0.497 e. The highest BCUT2D eigenvalue weighted by Crippen LogP contribution is 2.38. The van der Waals surface area contributed by atoms with Gasteiger partial charge in [0.05, 0.1) is 25.3 Å². The summed E-state index contributed by atoms with van der Waals surface area (Å²) in [7, 11) is 1.60. The first-order valence-corrected chi connectivity index (χ1v) is 11.5. The van der Waals surface area contributed by atoms with Gasteiger partial charge in [0.15, 0.2) is 0 Å². The van der Waals surface area contributed by atoms with Crippen LogP contribution in [-0.2, 0) is 6.54 Å². The number of amides is 2. The lowest BCUT2D eigenvalue weighted by molar-refractivity contribution is 0.203. The number of urea groups is 1. The number of benzene rings is 3. The van der Waals surface area contributed by atoms with Crippen molar-refractivity contribution in [3.63, 3.8) is 0 Å². The fourth-order valence-electron chi connectivity index (χ4n) is 4.25. The number of methoxy groups -OCH3 is 1. The summed E-state index contributed by atoms with van der Waals surface area (Å²) in [5, 5.41) is 7.18. The van der Waals surface area contributed by atoms with Crippen molar-refractivity contribution >= 4 is 11.6 Å². The minimum absolute atomic E-state index is 0.234. The first kappa shape index (κ1) is 23.3. The molecule has 4 aromatic rings. The van der Waals surface area contributed by atoms with Crippen molar-refractivity contribution in [1.82, 2.24) is 20.4 Å². The smallest absolute Gasteiger partial charge is 0.322 e. The van der Waals surface area contributed by atoms with Crippen molar-refractivity contribution < 1.29 is 18.4 Å². The maximum atomic E-state index is 13.8. The number of hydrogen-bond acceptors (Lipinski definition) is 5. The van der Waals surface area contributed by atoms with E-state index in [0.717, 1.165) is 16.7 Å². The molecule has 0 radical (unpaired) electrons. The van der Waals surface area contributed by atoms with E-state index in [1.807, 2.05) is 62.4 Å². The highest BCUT2D eigenvalue weighted by atomic mass is 19.1. The molecule has 1 aliphatic heterocycles. The van der Waals surface area contributed by atoms with Crippen LogP contribution in [0.5, 0.6) is 5.75 Å². The fourth-order valence-corrected chi connectivity index (χ4v) is 4.25. The number of carbonyl (C=O) groups is 1. The van der Waals surface area contributed by atoms with Crippen LogP contribution >= 0.6 is 0 Å². The van der Waals surface area contributed by atoms with Crippen LogP contribution in [0.1, 0.15) is 35.5 Å². The van der Waals surface area contributed by atoms with Gasteiger partial charge in [0.1, 0.15) is 11.6 Å². The Bertz CT molecular complexity index is 1430. The molecular formula is C28H25FN4O3. The highest BCUT2D eigenvalue weighted by Gasteiger charge is 2.35. The van der Waals surface area contributed by atoms with E-state index < -0.39 is 6.04 Å². The van der Waals surface area contributed by atoms with E-state index >= 15 is 0 Å². The number of nitrogens with zero attached hydrogens (tertiary/aromatic N) is 3. The first-order chi connectivity index (χ1) is 17.4. The Labute approximate surface area is 208 Å². The van der Waals surface area contributed by atoms with Crippen molar-refractivity contribution in [3.8, 4) is 17.1 Å². The van der Waals surface area contributed by atoms with E-state index in [1.165, 1.54) is 12.1 Å². The molecule has 1 unspecified atom stereocenters. The molecule has 0 aliphatic carbocycles. The third kappa shape index (κ3) is 4.57. The van der Waals surface area contributed by atoms with Gasteiger partial charge in [-0.1, -0.05) is 59.3 Å². The number of ether oxygens (including phenoxy) is 1. The molecule has 1 aromatic heterocycles. The molecule has 8 heteroatoms. The number of aryl methyl sites for hydroxylation is 1. The SMILES string of the molecule is COc1ccc(C2NC(=O)N(Cc3ccc(C)cc3)C(C)=C2c2nc(-c3cccc(F)c3)no2)cc1. The number of rotatable bonds is 6. The molecule has 2 amide bonds. The quantitative estimate of drug-likeness (QED) is 0.369. The summed E-state index contributed by atoms with van der Waals surface area (Å²) in [4.78, 5) is 19.5. The summed E-state index contributed by atoms with van der Waals surface area (Å²) in [6.45, 7) is 4.26. The van der Waals surface area contributed by atoms with Crippen LogP contribution in [0.15, 0.2) is 83.0 Å². The van der Waals surface area contributed by atoms with Gasteiger partial charge in [-0.2, -0.15) is 4.98 Å². The van der Waals surface area contributed by atoms with Crippen LogP contribution in [0.4, 0.5) is 9.18 Å². The van der Waals surface area contributed by atoms with Gasteiger partial charge in [0, 0.05) is 11.3 Å². The zero-order chi connectivity index (χ0) is 25.2. The molecule has 5 rings (SSSR count). The van der Waals surface area contributed by atoms with Crippen LogP contribution in [0, 0.1) is 12.7 Å². The lowest BCUT2D eigenvalue weighted by Crippen LogP contribution is -2.45. The number of aromatic nitrogens is 2. The molecule has 0 bridgehead atoms. The molecule has 1 aliphatic rings. The fraction of sp³-hybridized carbons (Fsp3) is 0.179. The van der Waals surface area contributed by atoms with Crippen molar-refractivity contribution in [2.45, 2.75) is 26.4 Å². The maximum Gasteiger partial charge on any atom is 0.322 e. The second kappa shape index (κ2) is 9.65. The summed E-state index contributed by atoms with van der Waals surface area (Å²) >= 11 is 0. The zero-order valence-corrected chi connectivity index (χ0v) is 20.2. The number of hydrogen-bond donors (Lipinski definition) is 1. The summed E-state index contributed by atoms with van der Waals surface area (Å²) in [5.74, 6) is 0.830. The number of allylic oxidation sites excluding steroid dienone is 1. The van der Waals surface area contributed by atoms with Crippen LogP contribution in [0.3, 0.4) is 0 Å². The molecule has 1 atom stereocenters. The van der Waals surface area contributed by atoms with Gasteiger partial charge in [0.25, 0.3) is 5.89 Å². The number of nitrogens with one attached hydrogen (secondary N) is 1. The molecule has 36 heavy (non-hydrogen) atoms. The normalized spacial score (nSPS) is 15.7. The summed E-state index contributed by atoms with van der Waals surface area (Å²) in [6, 6.07) is 20.7. The van der Waals surface area contributed by atoms with Gasteiger partial charge < -0.3 is 14.6 Å². The predicted molar refractivity (Wildman–Crippen MR) is 133 cm³/mol. The van der Waals surface area contributed by atoms with Crippen LogP contribution < -0.4 is 10.1 Å². The van der Waals surface area contributed by atoms with E-state index in [4.69, 9.17) is 9.26 Å². The number of halogens is 1. The average Bonchev–Trinajstić information content (AvgIpc) is 3.37. The molecule has 0 saturated heterocycles. The Kier molecular flexibility index (Phi) is 6.25. The van der Waals surface area contributed by atoms with Crippen molar-refractivity contribution in [1.29, 1.82) is 0 Å². The Balaban J connectivity index is 1.59. The molecule has 0 spiro atoms. The van der Waals surface area contributed by atoms with Gasteiger partial charge in [-0.3, -0.25) is 4.90 Å². The van der Waals surface area contributed by atoms with Gasteiger partial charge in [-0.05, 0) is 49.2 Å². The van der Waals surface area contributed by atoms with Gasteiger partial charge >= 0.3 is 6.03 Å². The van der Waals surface area contributed by atoms with E-state index in [0.29, 0.717) is 29.1 Å². The zero-order valence-electron chi connectivity index (χ0n) is 20.2. The van der Waals surface area contributed by atoms with Crippen LogP contribution in [0.25, 0.3) is 17.0 Å². The third-order valence-corrected chi connectivity index (χ3v) is 6.25. The van der Waals surface area contributed by atoms with Crippen molar-refractivity contribution in [2.24, 2.45) is 0 Å². The summed E-state index contributed by atoms with van der Waals surface area (Å²) in [6.07, 6.45) is 0. The lowest BCUT2D eigenvalue weighted by atomic mass is 9.94. The maximum absolute atomic E-state index is 13.8. The van der Waals surface area contributed by atoms with Gasteiger partial charge in [0.2, 0.25) is 5.82 Å². The molecule has 3 aromatic carbocycles. The number of carbonyl (C=O) groups excluding carboxylic acids is 1. The van der Waals surface area contributed by atoms with Crippen LogP contribution in [0.2, 0.25) is 0 Å². The summed E-state index contributed by atoms with van der Waals surface area (Å²) in [5.41, 5.74) is 4.82. The lowest BCUT2D eigenvalue weighted by Gasteiger charge is -2.35. The Morgan fingerprint density at radius 2 is 1.81 bits per heavy atom. The predicted octanol–water partition coefficient (Wildman–Crippen LogP) is 5.89. The molecule has 0 saturated carbocycles. The second-order valence-electron chi connectivity index (χ2n) is 8.66. The molecular weight excluding hydrogens is 459 g/mol. The van der Waals surface area contributed by atoms with Crippen LogP contribution in [-0.4, -0.2) is 28.2 Å². The molecule has 182 valence electrons. The standard InChI is InChI=1S/C28H25FN4O3/c1-17-7-9-19(10-8-17)16-33-18(2)24(25(30-28(33)34)20-11-13-23(35-3)14-12-20)27-31-26(32-36-27)21-5-4-6-22(29)15-21/h4-15,25H,16H2,1-3H3,(H,30,34). The summed E-state index contributed by atoms with van der Waals surface area (Å²) < 4.78 is 24.7. The van der Waals surface area contributed by atoms with E-state index in [9.17, 15) is 9.18 Å². The molecule has 0 fully saturated rings. The minimum Gasteiger partial charge on any atom is -0.497 e. The van der Waals surface area contributed by atoms with E-state index in [-0.39, 0.29) is 23.6 Å². The monoisotopic (exact) mass is 484 g/mol. The Morgan fingerprint density at radius 1 is 1.06 bits per heavy atom. The van der Waals surface area contributed by atoms with E-state index in [1.54, 1.807) is 24.1 Å². The first-order valence-electron chi connectivity index (χ1n) is 11.5. The van der Waals surface area contributed by atoms with Crippen molar-refractivity contribution in [2.75, 3.05) is 7.11 Å². The average molecular weight is 485 g/mol. The van der Waals surface area contributed by atoms with Gasteiger partial charge in [-0.15, -0.1) is 0 Å². The Morgan fingerprint density at radius 3 is 2.50 bits per heavy atom. The second-order valence-corrected chi connectivity index (χ2v) is 8.66. The molecule has 2 heterocycles. The minimum atomic E-state index is -0.529. The highest BCUT2D eigenvalue weighted by molar-refractivity contribution is 5.87. The molecule has 1 N–H and O–H groups in total. The van der Waals surface area contributed by atoms with E-state index in [2.05, 4.69) is 15.5 Å². The topological polar surface area (TPSA) is 80.5 Å². The van der Waals surface area contributed by atoms with Gasteiger partial charge in [-0.25, -0.2) is 9.18 Å². The third-order valence-electron chi connectivity index (χ3n) is 6.25. The molecule has 7 nitrogen and oxygen atoms in total.